The molecule has 19 heavy (non-hydrogen) atoms. The van der Waals surface area contributed by atoms with Crippen molar-refractivity contribution in [3.63, 3.8) is 0 Å². The number of benzene rings is 1. The van der Waals surface area contributed by atoms with E-state index in [2.05, 4.69) is 51.3 Å². The Morgan fingerprint density at radius 1 is 1.32 bits per heavy atom. The van der Waals surface area contributed by atoms with Gasteiger partial charge in [0.2, 0.25) is 0 Å². The summed E-state index contributed by atoms with van der Waals surface area (Å²) in [5.41, 5.74) is 6.64. The first-order valence-electron chi connectivity index (χ1n) is 7.13. The summed E-state index contributed by atoms with van der Waals surface area (Å²) >= 11 is 0. The lowest BCUT2D eigenvalue weighted by molar-refractivity contribution is -0.0551. The number of ether oxygens (including phenoxy) is 1. The van der Waals surface area contributed by atoms with E-state index >= 15 is 0 Å². The Bertz CT molecular complexity index is 406. The molecule has 0 saturated heterocycles. The van der Waals surface area contributed by atoms with Gasteiger partial charge in [0.15, 0.2) is 0 Å². The van der Waals surface area contributed by atoms with Gasteiger partial charge in [-0.3, -0.25) is 11.3 Å². The van der Waals surface area contributed by atoms with Gasteiger partial charge in [-0.15, -0.1) is 0 Å². The normalized spacial score (nSPS) is 16.1. The number of hydrogen-bond acceptors (Lipinski definition) is 3. The predicted octanol–water partition coefficient (Wildman–Crippen LogP) is 2.88. The zero-order valence-electron chi connectivity index (χ0n) is 12.9. The molecular weight excluding hydrogens is 236 g/mol. The highest BCUT2D eigenvalue weighted by Gasteiger charge is 2.32. The zero-order chi connectivity index (χ0) is 14.5. The molecule has 0 spiro atoms. The molecule has 0 amide bonds. The third-order valence-electron chi connectivity index (χ3n) is 4.04. The number of hydrazine groups is 1. The third-order valence-corrected chi connectivity index (χ3v) is 4.04. The van der Waals surface area contributed by atoms with Gasteiger partial charge in [0.1, 0.15) is 0 Å². The van der Waals surface area contributed by atoms with Crippen molar-refractivity contribution in [1.29, 1.82) is 0 Å². The van der Waals surface area contributed by atoms with Gasteiger partial charge < -0.3 is 4.74 Å². The highest BCUT2D eigenvalue weighted by molar-refractivity contribution is 5.31. The molecule has 0 fully saturated rings. The van der Waals surface area contributed by atoms with Crippen molar-refractivity contribution in [2.45, 2.75) is 59.1 Å². The van der Waals surface area contributed by atoms with Crippen LogP contribution in [0, 0.1) is 13.8 Å². The smallest absolute Gasteiger partial charge is 0.0820 e. The first kappa shape index (κ1) is 16.2. The average Bonchev–Trinajstić information content (AvgIpc) is 2.39. The van der Waals surface area contributed by atoms with E-state index in [1.165, 1.54) is 16.7 Å². The minimum Gasteiger partial charge on any atom is -0.374 e. The van der Waals surface area contributed by atoms with Gasteiger partial charge in [-0.05, 0) is 51.7 Å². The summed E-state index contributed by atoms with van der Waals surface area (Å²) in [4.78, 5) is 0. The van der Waals surface area contributed by atoms with Crippen LogP contribution in [0.15, 0.2) is 18.2 Å². The third kappa shape index (κ3) is 4.03. The second kappa shape index (κ2) is 7.04. The van der Waals surface area contributed by atoms with Crippen LogP contribution in [0.3, 0.4) is 0 Å². The summed E-state index contributed by atoms with van der Waals surface area (Å²) in [6, 6.07) is 6.66. The minimum atomic E-state index is -0.236. The Morgan fingerprint density at radius 2 is 2.00 bits per heavy atom. The van der Waals surface area contributed by atoms with E-state index in [0.29, 0.717) is 6.61 Å². The quantitative estimate of drug-likeness (QED) is 0.588. The molecule has 0 heterocycles. The van der Waals surface area contributed by atoms with Gasteiger partial charge in [-0.25, -0.2) is 0 Å². The molecule has 0 aliphatic carbocycles. The van der Waals surface area contributed by atoms with Gasteiger partial charge in [-0.2, -0.15) is 0 Å². The lowest BCUT2D eigenvalue weighted by Crippen LogP contribution is -2.54. The van der Waals surface area contributed by atoms with Gasteiger partial charge in [0.05, 0.1) is 11.6 Å². The number of hydrogen-bond donors (Lipinski definition) is 2. The average molecular weight is 264 g/mol. The largest absolute Gasteiger partial charge is 0.374 e. The fraction of sp³-hybridized carbons (Fsp3) is 0.625. The summed E-state index contributed by atoms with van der Waals surface area (Å²) in [6.07, 6.45) is 1.81. The Morgan fingerprint density at radius 3 is 2.53 bits per heavy atom. The molecule has 1 rings (SSSR count). The molecule has 0 aromatic heterocycles. The fourth-order valence-corrected chi connectivity index (χ4v) is 2.47. The molecule has 3 N–H and O–H groups in total. The highest BCUT2D eigenvalue weighted by atomic mass is 16.5. The molecule has 0 saturated carbocycles. The minimum absolute atomic E-state index is 0.109. The number of nitrogens with one attached hydrogen (secondary N) is 1. The highest BCUT2D eigenvalue weighted by Crippen LogP contribution is 2.24. The molecule has 0 radical (unpaired) electrons. The molecule has 2 atom stereocenters. The first-order valence-corrected chi connectivity index (χ1v) is 7.13. The maximum absolute atomic E-state index is 5.93. The van der Waals surface area contributed by atoms with Crippen LogP contribution in [0.4, 0.5) is 0 Å². The number of aryl methyl sites for hydroxylation is 2. The van der Waals surface area contributed by atoms with Crippen molar-refractivity contribution in [1.82, 2.24) is 5.43 Å². The van der Waals surface area contributed by atoms with Crippen molar-refractivity contribution in [2.75, 3.05) is 6.61 Å². The molecule has 3 nitrogen and oxygen atoms in total. The predicted molar refractivity (Wildman–Crippen MR) is 81.1 cm³/mol. The molecule has 0 bridgehead atoms. The van der Waals surface area contributed by atoms with Crippen LogP contribution in [0.2, 0.25) is 0 Å². The van der Waals surface area contributed by atoms with Crippen LogP contribution in [0.1, 0.15) is 43.9 Å². The van der Waals surface area contributed by atoms with E-state index in [9.17, 15) is 0 Å². The topological polar surface area (TPSA) is 47.3 Å². The second-order valence-corrected chi connectivity index (χ2v) is 5.45. The summed E-state index contributed by atoms with van der Waals surface area (Å²) < 4.78 is 5.93. The van der Waals surface area contributed by atoms with Crippen LogP contribution in [-0.4, -0.2) is 18.2 Å². The molecule has 2 unspecified atom stereocenters. The standard InChI is InChI=1S/C16H28N2O/c1-6-16(5,19-7-2)15(18-17)11-14-10-12(3)8-9-13(14)4/h8-10,15,18H,6-7,11,17H2,1-5H3. The Kier molecular flexibility index (Phi) is 5.98. The molecule has 0 aliphatic heterocycles. The van der Waals surface area contributed by atoms with Crippen LogP contribution >= 0.6 is 0 Å². The van der Waals surface area contributed by atoms with Crippen molar-refractivity contribution >= 4 is 0 Å². The van der Waals surface area contributed by atoms with Crippen LogP contribution in [-0.2, 0) is 11.2 Å². The van der Waals surface area contributed by atoms with Crippen LogP contribution < -0.4 is 11.3 Å². The molecule has 0 aliphatic rings. The number of nitrogens with two attached hydrogens (primary N) is 1. The van der Waals surface area contributed by atoms with E-state index in [0.717, 1.165) is 12.8 Å². The molecule has 1 aromatic rings. The van der Waals surface area contributed by atoms with Crippen molar-refractivity contribution in [3.05, 3.63) is 34.9 Å². The van der Waals surface area contributed by atoms with Crippen LogP contribution in [0.5, 0.6) is 0 Å². The number of rotatable bonds is 7. The summed E-state index contributed by atoms with van der Waals surface area (Å²) in [5.74, 6) is 5.77. The van der Waals surface area contributed by atoms with E-state index in [1.807, 2.05) is 6.92 Å². The monoisotopic (exact) mass is 264 g/mol. The lowest BCUT2D eigenvalue weighted by atomic mass is 9.87. The van der Waals surface area contributed by atoms with E-state index in [1.54, 1.807) is 0 Å². The van der Waals surface area contributed by atoms with E-state index in [-0.39, 0.29) is 11.6 Å². The first-order chi connectivity index (χ1) is 8.96. The molecular formula is C16H28N2O. The Balaban J connectivity index is 2.95. The molecule has 108 valence electrons. The van der Waals surface area contributed by atoms with Crippen LogP contribution in [0.25, 0.3) is 0 Å². The van der Waals surface area contributed by atoms with Gasteiger partial charge in [-0.1, -0.05) is 30.7 Å². The van der Waals surface area contributed by atoms with Gasteiger partial charge >= 0.3 is 0 Å². The zero-order valence-corrected chi connectivity index (χ0v) is 12.9. The van der Waals surface area contributed by atoms with Crippen molar-refractivity contribution in [3.8, 4) is 0 Å². The van der Waals surface area contributed by atoms with Crippen molar-refractivity contribution < 1.29 is 4.74 Å². The SMILES string of the molecule is CCOC(C)(CC)C(Cc1cc(C)ccc1C)NN. The summed E-state index contributed by atoms with van der Waals surface area (Å²) in [6.45, 7) is 11.3. The van der Waals surface area contributed by atoms with Gasteiger partial charge in [0.25, 0.3) is 0 Å². The maximum atomic E-state index is 5.93. The molecule has 1 aromatic carbocycles. The lowest BCUT2D eigenvalue weighted by Gasteiger charge is -2.36. The van der Waals surface area contributed by atoms with Crippen molar-refractivity contribution in [2.24, 2.45) is 5.84 Å². The van der Waals surface area contributed by atoms with E-state index in [4.69, 9.17) is 10.6 Å². The molecule has 3 heteroatoms. The second-order valence-electron chi connectivity index (χ2n) is 5.45. The van der Waals surface area contributed by atoms with E-state index < -0.39 is 0 Å². The maximum Gasteiger partial charge on any atom is 0.0820 e. The summed E-state index contributed by atoms with van der Waals surface area (Å²) in [7, 11) is 0. The fourth-order valence-electron chi connectivity index (χ4n) is 2.47. The Labute approximate surface area is 117 Å². The Hall–Kier alpha value is -0.900. The van der Waals surface area contributed by atoms with Gasteiger partial charge in [0, 0.05) is 6.61 Å². The summed E-state index contributed by atoms with van der Waals surface area (Å²) in [5, 5.41) is 0.